The van der Waals surface area contributed by atoms with Crippen LogP contribution < -0.4 is 5.32 Å². The molecule has 0 aliphatic carbocycles. The van der Waals surface area contributed by atoms with E-state index in [1.807, 2.05) is 6.07 Å². The fourth-order valence-corrected chi connectivity index (χ4v) is 3.57. The molecule has 0 aliphatic rings. The van der Waals surface area contributed by atoms with E-state index < -0.39 is 0 Å². The zero-order chi connectivity index (χ0) is 13.8. The highest BCUT2D eigenvalue weighted by Crippen LogP contribution is 2.35. The first-order valence-electron chi connectivity index (χ1n) is 6.77. The van der Waals surface area contributed by atoms with Crippen molar-refractivity contribution in [1.82, 2.24) is 5.32 Å². The van der Waals surface area contributed by atoms with E-state index in [0.29, 0.717) is 0 Å². The van der Waals surface area contributed by atoms with Gasteiger partial charge in [-0.2, -0.15) is 0 Å². The van der Waals surface area contributed by atoms with Gasteiger partial charge in [0.15, 0.2) is 0 Å². The smallest absolute Gasteiger partial charge is 0.148 e. The van der Waals surface area contributed by atoms with Gasteiger partial charge in [0, 0.05) is 15.4 Å². The van der Waals surface area contributed by atoms with Crippen LogP contribution in [0.15, 0.2) is 25.5 Å². The second-order valence-corrected chi connectivity index (χ2v) is 6.46. The molecular formula is C15H19Br2NO. The first-order valence-corrected chi connectivity index (χ1v) is 8.36. The van der Waals surface area contributed by atoms with E-state index in [4.69, 9.17) is 4.42 Å². The Morgan fingerprint density at radius 2 is 1.95 bits per heavy atom. The second kappa shape index (κ2) is 6.91. The average molecular weight is 389 g/mol. The average Bonchev–Trinajstić information content (AvgIpc) is 2.70. The largest absolute Gasteiger partial charge is 0.458 e. The van der Waals surface area contributed by atoms with Gasteiger partial charge >= 0.3 is 0 Å². The van der Waals surface area contributed by atoms with Gasteiger partial charge in [-0.3, -0.25) is 0 Å². The summed E-state index contributed by atoms with van der Waals surface area (Å²) in [6, 6.07) is 4.18. The summed E-state index contributed by atoms with van der Waals surface area (Å²) >= 11 is 7.14. The predicted octanol–water partition coefficient (Wildman–Crippen LogP) is 5.41. The number of aryl methyl sites for hydroxylation is 1. The number of furan rings is 1. The molecule has 0 spiro atoms. The minimum Gasteiger partial charge on any atom is -0.458 e. The molecule has 1 aromatic carbocycles. The fourth-order valence-electron chi connectivity index (χ4n) is 2.27. The molecule has 2 nitrogen and oxygen atoms in total. The molecule has 19 heavy (non-hydrogen) atoms. The van der Waals surface area contributed by atoms with Crippen molar-refractivity contribution in [3.05, 3.63) is 32.4 Å². The molecule has 1 aromatic heterocycles. The molecule has 1 N–H and O–H groups in total. The molecule has 0 atom stereocenters. The summed E-state index contributed by atoms with van der Waals surface area (Å²) in [4.78, 5) is 0. The van der Waals surface area contributed by atoms with Crippen molar-refractivity contribution in [2.24, 2.45) is 0 Å². The number of fused-ring (bicyclic) bond motifs is 1. The molecular weight excluding hydrogens is 370 g/mol. The molecule has 0 saturated heterocycles. The van der Waals surface area contributed by atoms with Gasteiger partial charge in [0.05, 0.1) is 11.0 Å². The third-order valence-corrected chi connectivity index (χ3v) is 4.15. The second-order valence-electron chi connectivity index (χ2n) is 4.69. The number of hydrogen-bond acceptors (Lipinski definition) is 2. The first kappa shape index (κ1) is 15.1. The zero-order valence-corrected chi connectivity index (χ0v) is 14.5. The van der Waals surface area contributed by atoms with Crippen molar-refractivity contribution in [2.45, 2.75) is 39.7 Å². The van der Waals surface area contributed by atoms with Gasteiger partial charge in [0.1, 0.15) is 11.3 Å². The maximum Gasteiger partial charge on any atom is 0.148 e. The Kier molecular flexibility index (Phi) is 5.48. The molecule has 0 unspecified atom stereocenters. The molecule has 0 radical (unpaired) electrons. The molecule has 0 aliphatic heterocycles. The summed E-state index contributed by atoms with van der Waals surface area (Å²) < 4.78 is 8.15. The van der Waals surface area contributed by atoms with E-state index in [1.54, 1.807) is 0 Å². The van der Waals surface area contributed by atoms with Gasteiger partial charge in [0.2, 0.25) is 0 Å². The molecule has 2 aromatic rings. The lowest BCUT2D eigenvalue weighted by molar-refractivity contribution is 0.506. The Morgan fingerprint density at radius 1 is 1.16 bits per heavy atom. The van der Waals surface area contributed by atoms with Gasteiger partial charge in [-0.05, 0) is 47.4 Å². The van der Waals surface area contributed by atoms with Crippen molar-refractivity contribution in [1.29, 1.82) is 0 Å². The highest BCUT2D eigenvalue weighted by molar-refractivity contribution is 9.11. The molecule has 0 amide bonds. The Morgan fingerprint density at radius 3 is 2.63 bits per heavy atom. The summed E-state index contributed by atoms with van der Waals surface area (Å²) in [6.45, 7) is 6.21. The van der Waals surface area contributed by atoms with Gasteiger partial charge in [0.25, 0.3) is 0 Å². The Bertz CT molecular complexity index is 563. The van der Waals surface area contributed by atoms with Crippen molar-refractivity contribution >= 4 is 42.8 Å². The third kappa shape index (κ3) is 3.41. The quantitative estimate of drug-likeness (QED) is 0.669. The van der Waals surface area contributed by atoms with Crippen molar-refractivity contribution < 1.29 is 4.42 Å². The Hall–Kier alpha value is -0.320. The SMILES string of the molecule is CCCNCc1oc2c(Br)cc(Br)cc2c1CCC. The first-order chi connectivity index (χ1) is 9.17. The highest BCUT2D eigenvalue weighted by atomic mass is 79.9. The maximum atomic E-state index is 6.05. The lowest BCUT2D eigenvalue weighted by atomic mass is 10.1. The Labute approximate surface area is 131 Å². The summed E-state index contributed by atoms with van der Waals surface area (Å²) in [5, 5.41) is 4.64. The van der Waals surface area contributed by atoms with Gasteiger partial charge in [-0.25, -0.2) is 0 Å². The predicted molar refractivity (Wildman–Crippen MR) is 87.6 cm³/mol. The number of nitrogens with one attached hydrogen (secondary N) is 1. The third-order valence-electron chi connectivity index (χ3n) is 3.11. The Balaban J connectivity index is 2.44. The minimum absolute atomic E-state index is 0.807. The zero-order valence-electron chi connectivity index (χ0n) is 11.4. The van der Waals surface area contributed by atoms with Crippen LogP contribution in [0.25, 0.3) is 11.0 Å². The molecule has 104 valence electrons. The summed E-state index contributed by atoms with van der Waals surface area (Å²) in [7, 11) is 0. The monoisotopic (exact) mass is 387 g/mol. The fraction of sp³-hybridized carbons (Fsp3) is 0.467. The van der Waals surface area contributed by atoms with Crippen LogP contribution in [-0.4, -0.2) is 6.54 Å². The van der Waals surface area contributed by atoms with Gasteiger partial charge in [-0.15, -0.1) is 0 Å². The van der Waals surface area contributed by atoms with E-state index in [2.05, 4.69) is 57.1 Å². The summed E-state index contributed by atoms with van der Waals surface area (Å²) in [6.07, 6.45) is 3.32. The summed E-state index contributed by atoms with van der Waals surface area (Å²) in [5.41, 5.74) is 2.29. The van der Waals surface area contributed by atoms with Crippen molar-refractivity contribution in [2.75, 3.05) is 6.54 Å². The highest BCUT2D eigenvalue weighted by Gasteiger charge is 2.15. The molecule has 0 bridgehead atoms. The lowest BCUT2D eigenvalue weighted by Gasteiger charge is -2.03. The summed E-state index contributed by atoms with van der Waals surface area (Å²) in [5.74, 6) is 1.07. The van der Waals surface area contributed by atoms with Crippen LogP contribution in [0.1, 0.15) is 38.0 Å². The molecule has 0 saturated carbocycles. The van der Waals surface area contributed by atoms with Crippen molar-refractivity contribution in [3.63, 3.8) is 0 Å². The normalized spacial score (nSPS) is 11.4. The lowest BCUT2D eigenvalue weighted by Crippen LogP contribution is -2.14. The molecule has 2 rings (SSSR count). The number of benzene rings is 1. The minimum atomic E-state index is 0.807. The van der Waals surface area contributed by atoms with Crippen LogP contribution in [0.4, 0.5) is 0 Å². The van der Waals surface area contributed by atoms with E-state index >= 15 is 0 Å². The van der Waals surface area contributed by atoms with Crippen molar-refractivity contribution in [3.8, 4) is 0 Å². The van der Waals surface area contributed by atoms with E-state index in [0.717, 1.165) is 52.6 Å². The molecule has 4 heteroatoms. The topological polar surface area (TPSA) is 25.2 Å². The van der Waals surface area contributed by atoms with E-state index in [9.17, 15) is 0 Å². The number of halogens is 2. The number of rotatable bonds is 6. The maximum absolute atomic E-state index is 6.05. The standard InChI is InChI=1S/C15H19Br2NO/c1-3-5-11-12-7-10(16)8-13(17)15(12)19-14(11)9-18-6-4-2/h7-8,18H,3-6,9H2,1-2H3. The van der Waals surface area contributed by atoms with E-state index in [-0.39, 0.29) is 0 Å². The van der Waals surface area contributed by atoms with Gasteiger partial charge < -0.3 is 9.73 Å². The van der Waals surface area contributed by atoms with Crippen LogP contribution in [0.5, 0.6) is 0 Å². The molecule has 0 fully saturated rings. The van der Waals surface area contributed by atoms with Crippen LogP contribution in [-0.2, 0) is 13.0 Å². The van der Waals surface area contributed by atoms with E-state index in [1.165, 1.54) is 10.9 Å². The van der Waals surface area contributed by atoms with Crippen LogP contribution in [0, 0.1) is 0 Å². The van der Waals surface area contributed by atoms with Crippen LogP contribution in [0.3, 0.4) is 0 Å². The van der Waals surface area contributed by atoms with Crippen LogP contribution in [0.2, 0.25) is 0 Å². The number of hydrogen-bond donors (Lipinski definition) is 1. The molecule has 1 heterocycles. The van der Waals surface area contributed by atoms with Crippen LogP contribution >= 0.6 is 31.9 Å². The van der Waals surface area contributed by atoms with Gasteiger partial charge in [-0.1, -0.05) is 36.2 Å².